The molecule has 27 heavy (non-hydrogen) atoms. The van der Waals surface area contributed by atoms with E-state index in [-0.39, 0.29) is 0 Å². The van der Waals surface area contributed by atoms with Gasteiger partial charge in [0.15, 0.2) is 0 Å². The first kappa shape index (κ1) is 26.6. The van der Waals surface area contributed by atoms with Crippen molar-refractivity contribution in [3.05, 3.63) is 95.2 Å². The Morgan fingerprint density at radius 3 is 1.78 bits per heavy atom. The molecule has 1 aliphatic rings. The molecule has 0 heterocycles. The van der Waals surface area contributed by atoms with E-state index in [9.17, 15) is 5.21 Å². The zero-order chi connectivity index (χ0) is 21.4. The summed E-state index contributed by atoms with van der Waals surface area (Å²) >= 11 is 0. The largest absolute Gasteiger partial charge is 0.410 e. The summed E-state index contributed by atoms with van der Waals surface area (Å²) in [6, 6.07) is 0. The third kappa shape index (κ3) is 6.25. The van der Waals surface area contributed by atoms with Crippen LogP contribution in [0.15, 0.2) is 100 Å². The normalized spacial score (nSPS) is 20.5. The first-order valence-electron chi connectivity index (χ1n) is 9.70. The van der Waals surface area contributed by atoms with Crippen molar-refractivity contribution in [2.45, 2.75) is 55.4 Å². The Morgan fingerprint density at radius 2 is 1.44 bits per heavy atom. The predicted molar refractivity (Wildman–Crippen MR) is 124 cm³/mol. The van der Waals surface area contributed by atoms with Gasteiger partial charge in [-0.05, 0) is 50.0 Å². The van der Waals surface area contributed by atoms with Crippen LogP contribution >= 0.6 is 0 Å². The number of nitrogens with zero attached hydrogens (tertiary/aromatic N) is 1. The Bertz CT molecular complexity index is 699. The summed E-state index contributed by atoms with van der Waals surface area (Å²) < 4.78 is 0. The lowest BCUT2D eigenvalue weighted by Crippen LogP contribution is -2.19. The number of hydrogen-bond acceptors (Lipinski definition) is 2. The maximum Gasteiger partial charge on any atom is 0.118 e. The van der Waals surface area contributed by atoms with Crippen LogP contribution in [0.3, 0.4) is 0 Å². The van der Waals surface area contributed by atoms with Gasteiger partial charge in [-0.25, -0.2) is 0 Å². The van der Waals surface area contributed by atoms with Gasteiger partial charge in [-0.1, -0.05) is 94.6 Å². The smallest absolute Gasteiger partial charge is 0.118 e. The molecule has 148 valence electrons. The van der Waals surface area contributed by atoms with Gasteiger partial charge < -0.3 is 5.21 Å². The van der Waals surface area contributed by atoms with Crippen molar-refractivity contribution >= 4 is 5.71 Å². The highest BCUT2D eigenvalue weighted by Crippen LogP contribution is 2.40. The minimum absolute atomic E-state index is 0.540. The van der Waals surface area contributed by atoms with E-state index in [0.717, 1.165) is 33.4 Å². The lowest BCUT2D eigenvalue weighted by atomic mass is 9.75. The summed E-state index contributed by atoms with van der Waals surface area (Å²) in [5.41, 5.74) is 6.40. The van der Waals surface area contributed by atoms with E-state index in [1.165, 1.54) is 0 Å². The van der Waals surface area contributed by atoms with Crippen LogP contribution in [0, 0.1) is 0 Å². The average molecular weight is 368 g/mol. The van der Waals surface area contributed by atoms with Gasteiger partial charge in [-0.15, -0.1) is 0 Å². The van der Waals surface area contributed by atoms with Crippen LogP contribution in [0.5, 0.6) is 0 Å². The lowest BCUT2D eigenvalue weighted by molar-refractivity contribution is 0.319. The molecule has 0 aliphatic heterocycles. The second kappa shape index (κ2) is 15.6. The van der Waals surface area contributed by atoms with Gasteiger partial charge >= 0.3 is 0 Å². The molecule has 0 aromatic heterocycles. The van der Waals surface area contributed by atoms with Crippen LogP contribution in [0.2, 0.25) is 0 Å². The fourth-order valence-corrected chi connectivity index (χ4v) is 2.83. The number of hydrogen-bond donors (Lipinski definition) is 1. The first-order valence-corrected chi connectivity index (χ1v) is 9.70. The number of rotatable bonds is 4. The molecule has 0 aromatic carbocycles. The second-order valence-electron chi connectivity index (χ2n) is 4.91. The Morgan fingerprint density at radius 1 is 0.889 bits per heavy atom. The van der Waals surface area contributed by atoms with E-state index in [1.807, 2.05) is 91.8 Å². The Labute approximate surface area is 167 Å². The molecule has 0 saturated carbocycles. The number of allylic oxidation sites excluding steroid dienone is 14. The van der Waals surface area contributed by atoms with Gasteiger partial charge in [0.05, 0.1) is 0 Å². The minimum Gasteiger partial charge on any atom is -0.410 e. The molecule has 0 unspecified atom stereocenters. The summed E-state index contributed by atoms with van der Waals surface area (Å²) in [5, 5.41) is 13.2. The van der Waals surface area contributed by atoms with Crippen LogP contribution in [-0.4, -0.2) is 10.9 Å². The van der Waals surface area contributed by atoms with Crippen molar-refractivity contribution in [3.8, 4) is 0 Å². The molecule has 0 spiro atoms. The molecule has 1 rings (SSSR count). The molecule has 0 saturated heterocycles. The van der Waals surface area contributed by atoms with E-state index in [1.54, 1.807) is 6.08 Å². The maximum atomic E-state index is 9.66. The van der Waals surface area contributed by atoms with Gasteiger partial charge in [0.2, 0.25) is 0 Å². The molecular formula is C25H37NO. The standard InChI is InChI=1S/C21H25NO.2C2H6/c1-7-13-18-16(11-5)17(12-6)20(15(9-3)10-4)19(14-8-2)21(18)22-23;2*1-2/h7-14,23H,1,3H2,2,4-6H3;2*1-2H3/b14-8-,15-10-,16-11-,17-12-,18-13+,22-21-;;. The highest BCUT2D eigenvalue weighted by Gasteiger charge is 2.29. The Hall–Kier alpha value is -2.61. The zero-order valence-electron chi connectivity index (χ0n) is 18.4. The summed E-state index contributed by atoms with van der Waals surface area (Å²) in [6.07, 6.45) is 15.4. The van der Waals surface area contributed by atoms with Crippen molar-refractivity contribution in [1.29, 1.82) is 0 Å². The van der Waals surface area contributed by atoms with E-state index in [0.29, 0.717) is 5.71 Å². The summed E-state index contributed by atoms with van der Waals surface area (Å²) in [7, 11) is 0. The van der Waals surface area contributed by atoms with E-state index in [2.05, 4.69) is 24.4 Å². The zero-order valence-corrected chi connectivity index (χ0v) is 18.4. The molecule has 2 nitrogen and oxygen atoms in total. The molecule has 1 N–H and O–H groups in total. The van der Waals surface area contributed by atoms with E-state index in [4.69, 9.17) is 0 Å². The van der Waals surface area contributed by atoms with Gasteiger partial charge in [-0.2, -0.15) is 0 Å². The van der Waals surface area contributed by atoms with Crippen molar-refractivity contribution in [2.24, 2.45) is 5.16 Å². The molecule has 1 aliphatic carbocycles. The van der Waals surface area contributed by atoms with E-state index >= 15 is 0 Å². The van der Waals surface area contributed by atoms with Gasteiger partial charge in [0.25, 0.3) is 0 Å². The summed E-state index contributed by atoms with van der Waals surface area (Å²) in [6.45, 7) is 23.6. The van der Waals surface area contributed by atoms with Crippen LogP contribution < -0.4 is 0 Å². The Balaban J connectivity index is 0. The topological polar surface area (TPSA) is 32.6 Å². The third-order valence-electron chi connectivity index (χ3n) is 3.74. The third-order valence-corrected chi connectivity index (χ3v) is 3.74. The fraction of sp³-hybridized carbons (Fsp3) is 0.320. The molecule has 0 fully saturated rings. The number of oxime groups is 1. The lowest BCUT2D eigenvalue weighted by Gasteiger charge is -2.28. The highest BCUT2D eigenvalue weighted by molar-refractivity contribution is 6.21. The minimum atomic E-state index is 0.540. The second-order valence-corrected chi connectivity index (χ2v) is 4.91. The molecule has 2 heteroatoms. The fourth-order valence-electron chi connectivity index (χ4n) is 2.83. The highest BCUT2D eigenvalue weighted by atomic mass is 16.4. The van der Waals surface area contributed by atoms with Crippen LogP contribution in [0.4, 0.5) is 0 Å². The van der Waals surface area contributed by atoms with Crippen molar-refractivity contribution < 1.29 is 5.21 Å². The maximum absolute atomic E-state index is 9.66. The Kier molecular flexibility index (Phi) is 15.4. The van der Waals surface area contributed by atoms with Crippen LogP contribution in [0.1, 0.15) is 55.4 Å². The van der Waals surface area contributed by atoms with Crippen LogP contribution in [0.25, 0.3) is 0 Å². The van der Waals surface area contributed by atoms with Crippen molar-refractivity contribution in [3.63, 3.8) is 0 Å². The molecule has 0 amide bonds. The molecule has 0 aromatic rings. The average Bonchev–Trinajstić information content (AvgIpc) is 2.73. The monoisotopic (exact) mass is 367 g/mol. The van der Waals surface area contributed by atoms with Crippen molar-refractivity contribution in [2.75, 3.05) is 0 Å². The molecule has 0 atom stereocenters. The molecule has 0 radical (unpaired) electrons. The summed E-state index contributed by atoms with van der Waals surface area (Å²) in [4.78, 5) is 0. The van der Waals surface area contributed by atoms with Gasteiger partial charge in [0.1, 0.15) is 5.71 Å². The summed E-state index contributed by atoms with van der Waals surface area (Å²) in [5.74, 6) is 0. The molecular weight excluding hydrogens is 330 g/mol. The van der Waals surface area contributed by atoms with Crippen molar-refractivity contribution in [1.82, 2.24) is 0 Å². The quantitative estimate of drug-likeness (QED) is 0.306. The van der Waals surface area contributed by atoms with E-state index < -0.39 is 0 Å². The van der Waals surface area contributed by atoms with Gasteiger partial charge in [-0.3, -0.25) is 0 Å². The predicted octanol–water partition coefficient (Wildman–Crippen LogP) is 7.89. The first-order chi connectivity index (χ1) is 13.1. The van der Waals surface area contributed by atoms with Gasteiger partial charge in [0, 0.05) is 11.1 Å². The SMILES string of the molecule is C=C/C=C1\C(=C/C)\C(=C\C)C(/C(C=C)=C\C)=C(/C=C\C)\C1=N/O.CC.CC. The van der Waals surface area contributed by atoms with Crippen LogP contribution in [-0.2, 0) is 0 Å². The molecule has 0 bridgehead atoms.